The van der Waals surface area contributed by atoms with E-state index in [2.05, 4.69) is 10.6 Å². The number of imide groups is 1. The van der Waals surface area contributed by atoms with Gasteiger partial charge < -0.3 is 15.4 Å². The molecule has 1 aromatic carbocycles. The van der Waals surface area contributed by atoms with E-state index in [1.54, 1.807) is 24.3 Å². The molecule has 140 valence electrons. The molecule has 0 aliphatic heterocycles. The Kier molecular flexibility index (Phi) is 8.56. The van der Waals surface area contributed by atoms with Gasteiger partial charge in [0.05, 0.1) is 0 Å². The molecule has 0 unspecified atom stereocenters. The summed E-state index contributed by atoms with van der Waals surface area (Å²) in [5.41, 5.74) is 0.562. The number of hydrogen-bond acceptors (Lipinski definition) is 5. The van der Waals surface area contributed by atoms with Crippen LogP contribution in [-0.2, 0) is 19.1 Å². The number of nitrogens with one attached hydrogen (secondary N) is 3. The van der Waals surface area contributed by atoms with E-state index in [9.17, 15) is 19.2 Å². The van der Waals surface area contributed by atoms with Gasteiger partial charge >= 0.3 is 12.0 Å². The summed E-state index contributed by atoms with van der Waals surface area (Å²) in [5, 5.41) is 6.91. The minimum atomic E-state index is -0.887. The monoisotopic (exact) mass is 361 g/mol. The number of ether oxygens (including phenoxy) is 1. The largest absolute Gasteiger partial charge is 0.451 e. The molecule has 4 amide bonds. The van der Waals surface area contributed by atoms with Crippen molar-refractivity contribution in [3.63, 3.8) is 0 Å². The molecule has 1 rings (SSSR count). The summed E-state index contributed by atoms with van der Waals surface area (Å²) >= 11 is 0. The second kappa shape index (κ2) is 10.7. The van der Waals surface area contributed by atoms with Gasteiger partial charge in [-0.15, -0.1) is 0 Å². The van der Waals surface area contributed by atoms with E-state index in [0.717, 1.165) is 0 Å². The Labute approximate surface area is 152 Å². The Morgan fingerprint density at radius 2 is 1.73 bits per heavy atom. The predicted octanol–water partition coefficient (Wildman–Crippen LogP) is 1.19. The van der Waals surface area contributed by atoms with Crippen LogP contribution in [0.25, 0.3) is 6.08 Å². The zero-order valence-electron chi connectivity index (χ0n) is 15.0. The van der Waals surface area contributed by atoms with Gasteiger partial charge in [-0.25, -0.2) is 9.59 Å². The third-order valence-electron chi connectivity index (χ3n) is 2.90. The number of rotatable bonds is 7. The van der Waals surface area contributed by atoms with Crippen LogP contribution in [0, 0.1) is 5.92 Å². The fourth-order valence-electron chi connectivity index (χ4n) is 1.76. The van der Waals surface area contributed by atoms with E-state index < -0.39 is 30.4 Å². The Morgan fingerprint density at radius 1 is 1.08 bits per heavy atom. The molecule has 0 saturated heterocycles. The van der Waals surface area contributed by atoms with Gasteiger partial charge in [0.25, 0.3) is 5.91 Å². The van der Waals surface area contributed by atoms with Crippen LogP contribution in [0.2, 0.25) is 0 Å². The van der Waals surface area contributed by atoms with Crippen LogP contribution in [0.4, 0.5) is 4.79 Å². The maximum absolute atomic E-state index is 12.1. The van der Waals surface area contributed by atoms with E-state index in [4.69, 9.17) is 4.74 Å². The molecule has 8 heteroatoms. The molecule has 0 aromatic heterocycles. The smallest absolute Gasteiger partial charge is 0.355 e. The molecule has 0 fully saturated rings. The molecule has 0 bridgehead atoms. The number of urea groups is 1. The molecular weight excluding hydrogens is 338 g/mol. The van der Waals surface area contributed by atoms with Crippen LogP contribution >= 0.6 is 0 Å². The Bertz CT molecular complexity index is 683. The first kappa shape index (κ1) is 20.9. The van der Waals surface area contributed by atoms with Crippen molar-refractivity contribution in [2.75, 3.05) is 13.2 Å². The lowest BCUT2D eigenvalue weighted by atomic mass is 10.2. The second-order valence-electron chi connectivity index (χ2n) is 5.88. The molecule has 0 aliphatic rings. The van der Waals surface area contributed by atoms with Crippen LogP contribution in [-0.4, -0.2) is 37.0 Å². The van der Waals surface area contributed by atoms with Crippen molar-refractivity contribution in [2.45, 2.75) is 20.8 Å². The van der Waals surface area contributed by atoms with Crippen molar-refractivity contribution >= 4 is 29.9 Å². The molecule has 0 aliphatic carbocycles. The Hall–Kier alpha value is -3.16. The second-order valence-corrected chi connectivity index (χ2v) is 5.88. The molecule has 3 N–H and O–H groups in total. The summed E-state index contributed by atoms with van der Waals surface area (Å²) in [6, 6.07) is 8.16. The van der Waals surface area contributed by atoms with Gasteiger partial charge in [0.2, 0.25) is 5.91 Å². The summed E-state index contributed by atoms with van der Waals surface area (Å²) in [4.78, 5) is 46.5. The van der Waals surface area contributed by atoms with Gasteiger partial charge in [-0.3, -0.25) is 14.9 Å². The number of amides is 4. The standard InChI is InChI=1S/C18H23N3O5/c1-12(2)10-19-18(25)21-16(23)11-26-17(24)15(20-13(3)22)9-14-7-5-4-6-8-14/h4-9,12H,10-11H2,1-3H3,(H,20,22)(H2,19,21,23,25)/b15-9+. The van der Waals surface area contributed by atoms with Crippen LogP contribution in [0.3, 0.4) is 0 Å². The topological polar surface area (TPSA) is 114 Å². The van der Waals surface area contributed by atoms with Crippen molar-refractivity contribution in [3.8, 4) is 0 Å². The SMILES string of the molecule is CC(=O)N/C(=C/c1ccccc1)C(=O)OCC(=O)NC(=O)NCC(C)C. The maximum atomic E-state index is 12.1. The van der Waals surface area contributed by atoms with Gasteiger partial charge in [-0.1, -0.05) is 44.2 Å². The molecule has 0 spiro atoms. The first-order valence-electron chi connectivity index (χ1n) is 8.07. The average molecular weight is 361 g/mol. The van der Waals surface area contributed by atoms with Gasteiger partial charge in [-0.05, 0) is 17.6 Å². The van der Waals surface area contributed by atoms with Crippen molar-refractivity contribution in [2.24, 2.45) is 5.92 Å². The fraction of sp³-hybridized carbons (Fsp3) is 0.333. The van der Waals surface area contributed by atoms with E-state index in [-0.39, 0.29) is 11.6 Å². The molecule has 0 radical (unpaired) electrons. The molecule has 26 heavy (non-hydrogen) atoms. The molecular formula is C18H23N3O5. The highest BCUT2D eigenvalue weighted by atomic mass is 16.5. The number of hydrogen-bond donors (Lipinski definition) is 3. The molecule has 0 heterocycles. The summed E-state index contributed by atoms with van der Waals surface area (Å²) in [7, 11) is 0. The first-order valence-corrected chi connectivity index (χ1v) is 8.07. The summed E-state index contributed by atoms with van der Waals surface area (Å²) in [6.45, 7) is 4.82. The number of benzene rings is 1. The summed E-state index contributed by atoms with van der Waals surface area (Å²) in [5.74, 6) is -1.89. The van der Waals surface area contributed by atoms with Crippen molar-refractivity contribution in [1.29, 1.82) is 0 Å². The van der Waals surface area contributed by atoms with E-state index in [1.807, 2.05) is 25.2 Å². The highest BCUT2D eigenvalue weighted by Crippen LogP contribution is 2.06. The Balaban J connectivity index is 2.61. The highest BCUT2D eigenvalue weighted by Gasteiger charge is 2.16. The highest BCUT2D eigenvalue weighted by molar-refractivity contribution is 6.00. The molecule has 8 nitrogen and oxygen atoms in total. The van der Waals surface area contributed by atoms with Crippen molar-refractivity contribution in [3.05, 3.63) is 41.6 Å². The van der Waals surface area contributed by atoms with Gasteiger partial charge in [0, 0.05) is 13.5 Å². The maximum Gasteiger partial charge on any atom is 0.355 e. The van der Waals surface area contributed by atoms with Crippen molar-refractivity contribution < 1.29 is 23.9 Å². The van der Waals surface area contributed by atoms with Crippen LogP contribution in [0.1, 0.15) is 26.3 Å². The van der Waals surface area contributed by atoms with Gasteiger partial charge in [0.1, 0.15) is 5.70 Å². The molecule has 0 atom stereocenters. The zero-order chi connectivity index (χ0) is 19.5. The quantitative estimate of drug-likeness (QED) is 0.499. The normalized spacial score (nSPS) is 10.8. The predicted molar refractivity (Wildman–Crippen MR) is 95.6 cm³/mol. The third-order valence-corrected chi connectivity index (χ3v) is 2.90. The molecule has 1 aromatic rings. The number of carbonyl (C=O) groups is 4. The summed E-state index contributed by atoms with van der Waals surface area (Å²) < 4.78 is 4.85. The lowest BCUT2D eigenvalue weighted by Crippen LogP contribution is -2.42. The first-order chi connectivity index (χ1) is 12.3. The zero-order valence-corrected chi connectivity index (χ0v) is 15.0. The fourth-order valence-corrected chi connectivity index (χ4v) is 1.76. The van der Waals surface area contributed by atoms with Gasteiger partial charge in [0.15, 0.2) is 6.61 Å². The van der Waals surface area contributed by atoms with Crippen molar-refractivity contribution in [1.82, 2.24) is 16.0 Å². The number of carbonyl (C=O) groups excluding carboxylic acids is 4. The van der Waals surface area contributed by atoms with E-state index in [0.29, 0.717) is 12.1 Å². The lowest BCUT2D eigenvalue weighted by Gasteiger charge is -2.10. The van der Waals surface area contributed by atoms with Crippen LogP contribution in [0.5, 0.6) is 0 Å². The average Bonchev–Trinajstić information content (AvgIpc) is 2.58. The number of esters is 1. The molecule has 0 saturated carbocycles. The van der Waals surface area contributed by atoms with Crippen LogP contribution in [0.15, 0.2) is 36.0 Å². The minimum Gasteiger partial charge on any atom is -0.451 e. The Morgan fingerprint density at radius 3 is 2.31 bits per heavy atom. The van der Waals surface area contributed by atoms with Gasteiger partial charge in [-0.2, -0.15) is 0 Å². The van der Waals surface area contributed by atoms with Crippen LogP contribution < -0.4 is 16.0 Å². The third kappa shape index (κ3) is 8.62. The summed E-state index contributed by atoms with van der Waals surface area (Å²) in [6.07, 6.45) is 1.43. The van der Waals surface area contributed by atoms with E-state index in [1.165, 1.54) is 13.0 Å². The van der Waals surface area contributed by atoms with E-state index >= 15 is 0 Å². The lowest BCUT2D eigenvalue weighted by molar-refractivity contribution is -0.145. The minimum absolute atomic E-state index is 0.110.